The highest BCUT2D eigenvalue weighted by Crippen LogP contribution is 2.28. The van der Waals surface area contributed by atoms with Crippen molar-refractivity contribution in [3.05, 3.63) is 71.8 Å². The molecule has 0 spiro atoms. The smallest absolute Gasteiger partial charge is 0.410 e. The number of benzene rings is 2. The third-order valence-electron chi connectivity index (χ3n) is 17.9. The molecule has 0 radical (unpaired) electrons. The highest BCUT2D eigenvalue weighted by Gasteiger charge is 2.38. The van der Waals surface area contributed by atoms with Crippen LogP contribution < -0.4 is 16.0 Å². The molecule has 0 aliphatic carbocycles. The molecule has 518 valence electrons. The number of carbonyl (C=O) groups excluding carboxylic acids is 3. The Balaban J connectivity index is 0.000000297. The molecule has 3 amide bonds. The zero-order valence-corrected chi connectivity index (χ0v) is 61.1. The number of hydrogen-bond donors (Lipinski definition) is 3. The monoisotopic (exact) mass is 1300 g/mol. The van der Waals surface area contributed by atoms with Gasteiger partial charge in [0.25, 0.3) is 0 Å². The Kier molecular flexibility index (Phi) is 33.0. The van der Waals surface area contributed by atoms with Gasteiger partial charge in [0.1, 0.15) is 16.8 Å². The van der Waals surface area contributed by atoms with Crippen LogP contribution in [0.4, 0.5) is 14.4 Å². The second-order valence-electron chi connectivity index (χ2n) is 28.8. The zero-order chi connectivity index (χ0) is 68.0. The lowest BCUT2D eigenvalue weighted by Crippen LogP contribution is -2.54. The van der Waals surface area contributed by atoms with E-state index in [1.54, 1.807) is 35.0 Å². The van der Waals surface area contributed by atoms with Gasteiger partial charge in [0.15, 0.2) is 0 Å². The van der Waals surface area contributed by atoms with Crippen LogP contribution in [0.5, 0.6) is 0 Å². The van der Waals surface area contributed by atoms with Crippen molar-refractivity contribution in [1.29, 1.82) is 0 Å². The molecule has 0 bridgehead atoms. The number of likely N-dealkylation sites (N-methyl/N-ethyl adjacent to an activating group) is 5. The van der Waals surface area contributed by atoms with Crippen molar-refractivity contribution in [3.8, 4) is 0 Å². The van der Waals surface area contributed by atoms with Crippen LogP contribution in [0, 0.1) is 29.6 Å². The van der Waals surface area contributed by atoms with E-state index in [-0.39, 0.29) is 47.7 Å². The van der Waals surface area contributed by atoms with Crippen molar-refractivity contribution < 1.29 is 45.4 Å². The summed E-state index contributed by atoms with van der Waals surface area (Å²) in [6, 6.07) is 22.5. The highest BCUT2D eigenvalue weighted by molar-refractivity contribution is 7.89. The number of sulfonamides is 2. The molecule has 0 saturated carbocycles. The van der Waals surface area contributed by atoms with Crippen molar-refractivity contribution in [2.24, 2.45) is 29.6 Å². The van der Waals surface area contributed by atoms with E-state index >= 15 is 0 Å². The van der Waals surface area contributed by atoms with Crippen LogP contribution in [-0.2, 0) is 47.3 Å². The van der Waals surface area contributed by atoms with Gasteiger partial charge in [-0.15, -0.1) is 0 Å². The van der Waals surface area contributed by atoms with E-state index in [1.807, 2.05) is 96.4 Å². The summed E-state index contributed by atoms with van der Waals surface area (Å²) in [4.78, 5) is 46.4. The van der Waals surface area contributed by atoms with Gasteiger partial charge >= 0.3 is 18.3 Å². The van der Waals surface area contributed by atoms with Crippen molar-refractivity contribution in [3.63, 3.8) is 0 Å². The molecule has 2 aromatic rings. The summed E-state index contributed by atoms with van der Waals surface area (Å²) in [5.74, 6) is 2.91. The Bertz CT molecular complexity index is 2640. The van der Waals surface area contributed by atoms with Crippen LogP contribution >= 0.6 is 0 Å². The first-order valence-corrected chi connectivity index (χ1v) is 36.5. The minimum absolute atomic E-state index is 0.0876. The fourth-order valence-corrected chi connectivity index (χ4v) is 14.1. The Morgan fingerprint density at radius 2 is 0.822 bits per heavy atom. The summed E-state index contributed by atoms with van der Waals surface area (Å²) in [6.45, 7) is 41.6. The van der Waals surface area contributed by atoms with Gasteiger partial charge in [-0.25, -0.2) is 35.5 Å². The van der Waals surface area contributed by atoms with Gasteiger partial charge in [-0.2, -0.15) is 4.31 Å². The molecule has 90 heavy (non-hydrogen) atoms. The lowest BCUT2D eigenvalue weighted by molar-refractivity contribution is 0.00351. The number of ether oxygens (including phenoxy) is 3. The molecule has 5 saturated heterocycles. The normalized spacial score (nSPS) is 25.7. The molecule has 0 unspecified atom stereocenters. The largest absolute Gasteiger partial charge is 0.444 e. The Hall–Kier alpha value is -4.13. The molecule has 3 N–H and O–H groups in total. The zero-order valence-electron chi connectivity index (χ0n) is 59.5. The van der Waals surface area contributed by atoms with Crippen LogP contribution in [0.2, 0.25) is 0 Å². The second kappa shape index (κ2) is 37.1. The number of carbonyl (C=O) groups is 3. The SMILES string of the molecule is CCS(=O)(=O)N1CC[C@@H](C)[C@@H](N(C)C(=O)OC(C)(C)C)C1.CCS(=O)(=O)N1CC[C@@H](C)[C@@H](NC)C1.CN[C@H]1CN(Cc2ccccc2)CC[C@H]1C.C[C@@H]1CCN(Cc2ccccc2)C[C@@H]1N(C)C(=O)OC(C)(C)C.C[C@@H]1CCNC[C@@H]1N(C)C(=O)OC(C)(C)C. The molecule has 7 rings (SSSR count). The van der Waals surface area contributed by atoms with E-state index in [2.05, 4.69) is 115 Å². The van der Waals surface area contributed by atoms with E-state index < -0.39 is 42.9 Å². The van der Waals surface area contributed by atoms with Crippen LogP contribution in [0.1, 0.15) is 154 Å². The number of piperidine rings is 5. The van der Waals surface area contributed by atoms with E-state index in [1.165, 1.54) is 39.8 Å². The minimum Gasteiger partial charge on any atom is -0.444 e. The van der Waals surface area contributed by atoms with Crippen LogP contribution in [0.25, 0.3) is 0 Å². The Morgan fingerprint density at radius 1 is 0.489 bits per heavy atom. The average Bonchev–Trinajstić information content (AvgIpc) is 1.10. The van der Waals surface area contributed by atoms with Crippen LogP contribution in [-0.4, -0.2) is 227 Å². The molecule has 5 aliphatic rings. The molecule has 20 nitrogen and oxygen atoms in total. The van der Waals surface area contributed by atoms with Crippen LogP contribution in [0.3, 0.4) is 0 Å². The molecule has 10 atom stereocenters. The summed E-state index contributed by atoms with van der Waals surface area (Å²) < 4.78 is 66.6. The lowest BCUT2D eigenvalue weighted by Gasteiger charge is -2.41. The van der Waals surface area contributed by atoms with Gasteiger partial charge in [-0.3, -0.25) is 9.80 Å². The predicted molar refractivity (Wildman–Crippen MR) is 366 cm³/mol. The fraction of sp³-hybridized carbons (Fsp3) is 0.779. The van der Waals surface area contributed by atoms with Gasteiger partial charge in [-0.1, -0.05) is 95.3 Å². The van der Waals surface area contributed by atoms with Crippen molar-refractivity contribution in [1.82, 2.24) is 49.1 Å². The summed E-state index contributed by atoms with van der Waals surface area (Å²) in [6.07, 6.45) is 4.35. The van der Waals surface area contributed by atoms with Crippen molar-refractivity contribution >= 4 is 38.3 Å². The van der Waals surface area contributed by atoms with Gasteiger partial charge in [0.05, 0.1) is 23.6 Å². The van der Waals surface area contributed by atoms with E-state index in [4.69, 9.17) is 14.2 Å². The first-order chi connectivity index (χ1) is 41.8. The number of amides is 3. The third-order valence-corrected chi connectivity index (χ3v) is 21.6. The lowest BCUT2D eigenvalue weighted by atomic mass is 9.92. The summed E-state index contributed by atoms with van der Waals surface area (Å²) >= 11 is 0. The van der Waals surface area contributed by atoms with Gasteiger partial charge in [0, 0.05) is 98.2 Å². The van der Waals surface area contributed by atoms with Crippen LogP contribution in [0.15, 0.2) is 60.7 Å². The topological polar surface area (TPSA) is 206 Å². The fourth-order valence-electron chi connectivity index (χ4n) is 11.8. The number of nitrogens with zero attached hydrogens (tertiary/aromatic N) is 7. The van der Waals surface area contributed by atoms with E-state index in [9.17, 15) is 31.2 Å². The molecule has 5 aliphatic heterocycles. The maximum atomic E-state index is 12.4. The Morgan fingerprint density at radius 3 is 1.21 bits per heavy atom. The number of nitrogens with one attached hydrogen (secondary N) is 3. The average molecular weight is 1310 g/mol. The standard InChI is InChI=1S/C19H30N2O2.C14H28N2O4S.C14H22N2.C12H24N2O2.C9H20N2O2S/c1-15-11-12-21(13-16-9-7-6-8-10-16)14-17(15)20(5)18(22)23-19(2,3)4;1-7-21(18,19)16-9-8-11(2)12(10-16)15(6)13(17)20-14(3,4)5;1-12-8-9-16(11-14(12)15-2)10-13-6-4-3-5-7-13;1-9-6-7-13-8-10(9)14(5)11(15)16-12(2,3)4;1-4-14(12,13)11-6-5-8(2)9(7-11)10-3/h6-10,15,17H,11-14H2,1-5H3;11-12H,7-10H2,1-6H3;3-7,12,14-15H,8-11H2,1-2H3;9-10,13H,6-8H2,1-5H3;8-10H,4-7H2,1-3H3/t15-,17+;11-,12+;12-,14+;9-,10+;8-,9+/m11111/s1. The molecular formula is C68H124N10O10S2. The maximum absolute atomic E-state index is 12.4. The number of hydrogen-bond acceptors (Lipinski definition) is 15. The van der Waals surface area contributed by atoms with E-state index in [0.717, 1.165) is 70.9 Å². The highest BCUT2D eigenvalue weighted by atomic mass is 32.2. The summed E-state index contributed by atoms with van der Waals surface area (Å²) in [5, 5.41) is 9.92. The Labute approximate surface area is 546 Å². The third kappa shape index (κ3) is 27.8. The van der Waals surface area contributed by atoms with Crippen molar-refractivity contribution in [2.75, 3.05) is 112 Å². The first-order valence-electron chi connectivity index (χ1n) is 33.3. The molecule has 2 aromatic carbocycles. The first kappa shape index (κ1) is 80.1. The van der Waals surface area contributed by atoms with Gasteiger partial charge in [0.2, 0.25) is 20.0 Å². The van der Waals surface area contributed by atoms with Gasteiger partial charge in [-0.05, 0) is 183 Å². The number of rotatable bonds is 13. The van der Waals surface area contributed by atoms with Gasteiger partial charge < -0.3 is 44.9 Å². The molecule has 5 heterocycles. The van der Waals surface area contributed by atoms with Crippen molar-refractivity contribution in [2.45, 2.75) is 203 Å². The molecule has 0 aromatic heterocycles. The summed E-state index contributed by atoms with van der Waals surface area (Å²) in [7, 11) is 3.12. The molecule has 5 fully saturated rings. The maximum Gasteiger partial charge on any atom is 0.410 e. The number of likely N-dealkylation sites (tertiary alicyclic amines) is 2. The van der Waals surface area contributed by atoms with E-state index in [0.29, 0.717) is 56.0 Å². The quantitative estimate of drug-likeness (QED) is 0.160. The molecular weight excluding hydrogens is 1180 g/mol. The second-order valence-corrected chi connectivity index (χ2v) is 33.3. The minimum atomic E-state index is -3.22. The molecule has 22 heteroatoms. The predicted octanol–water partition coefficient (Wildman–Crippen LogP) is 9.91. The summed E-state index contributed by atoms with van der Waals surface area (Å²) in [5.41, 5.74) is 1.31.